The van der Waals surface area contributed by atoms with Gasteiger partial charge in [0, 0.05) is 11.6 Å². The van der Waals surface area contributed by atoms with Crippen LogP contribution in [0.25, 0.3) is 0 Å². The lowest BCUT2D eigenvalue weighted by atomic mass is 10.1. The van der Waals surface area contributed by atoms with Gasteiger partial charge in [-0.2, -0.15) is 0 Å². The van der Waals surface area contributed by atoms with Crippen LogP contribution in [0.3, 0.4) is 0 Å². The average Bonchev–Trinajstić information content (AvgIpc) is 2.76. The van der Waals surface area contributed by atoms with Crippen LogP contribution in [-0.4, -0.2) is 16.2 Å². The zero-order valence-electron chi connectivity index (χ0n) is 10.0. The molecule has 5 nitrogen and oxygen atoms in total. The molecule has 0 saturated carbocycles. The van der Waals surface area contributed by atoms with E-state index in [-0.39, 0.29) is 18.1 Å². The van der Waals surface area contributed by atoms with E-state index in [4.69, 9.17) is 4.52 Å². The summed E-state index contributed by atoms with van der Waals surface area (Å²) in [6.07, 6.45) is 0.139. The number of aryl methyl sites for hydroxylation is 1. The van der Waals surface area contributed by atoms with E-state index in [1.165, 1.54) is 0 Å². The lowest BCUT2D eigenvalue weighted by molar-refractivity contribution is -0.120. The highest BCUT2D eigenvalue weighted by Crippen LogP contribution is 2.15. The van der Waals surface area contributed by atoms with Gasteiger partial charge < -0.3 is 14.9 Å². The molecule has 1 amide bonds. The molecule has 0 aliphatic rings. The molecule has 1 heterocycles. The van der Waals surface area contributed by atoms with Crippen molar-refractivity contribution in [3.8, 4) is 5.75 Å². The van der Waals surface area contributed by atoms with Gasteiger partial charge in [-0.1, -0.05) is 23.4 Å². The Morgan fingerprint density at radius 1 is 1.44 bits per heavy atom. The van der Waals surface area contributed by atoms with Gasteiger partial charge in [-0.15, -0.1) is 0 Å². The van der Waals surface area contributed by atoms with Crippen LogP contribution in [0.5, 0.6) is 5.75 Å². The van der Waals surface area contributed by atoms with Crippen LogP contribution in [0.15, 0.2) is 34.9 Å². The number of phenolic OH excluding ortho intramolecular Hbond substituents is 1. The zero-order valence-corrected chi connectivity index (χ0v) is 10.0. The molecule has 0 radical (unpaired) electrons. The van der Waals surface area contributed by atoms with Crippen LogP contribution in [0.2, 0.25) is 0 Å². The summed E-state index contributed by atoms with van der Waals surface area (Å²) < 4.78 is 4.97. The molecule has 2 aromatic rings. The number of nitrogens with zero attached hydrogens (tertiary/aromatic N) is 1. The third-order valence-corrected chi connectivity index (χ3v) is 2.48. The summed E-state index contributed by atoms with van der Waals surface area (Å²) in [5.41, 5.74) is 1.38. The Kier molecular flexibility index (Phi) is 3.62. The summed E-state index contributed by atoms with van der Waals surface area (Å²) in [7, 11) is 0. The van der Waals surface area contributed by atoms with Gasteiger partial charge in [0.25, 0.3) is 0 Å². The van der Waals surface area contributed by atoms with Gasteiger partial charge in [-0.25, -0.2) is 0 Å². The molecule has 0 atom stereocenters. The summed E-state index contributed by atoms with van der Waals surface area (Å²) >= 11 is 0. The van der Waals surface area contributed by atoms with Crippen LogP contribution in [0.4, 0.5) is 0 Å². The zero-order chi connectivity index (χ0) is 13.0. The number of benzene rings is 1. The standard InChI is InChI=1S/C13H14N2O3/c1-9-6-11(18-15-9)8-14-13(17)7-10-4-2-3-5-12(10)16/h2-6,16H,7-8H2,1H3,(H,14,17). The van der Waals surface area contributed by atoms with Crippen molar-refractivity contribution in [1.82, 2.24) is 10.5 Å². The molecule has 18 heavy (non-hydrogen) atoms. The molecule has 0 spiro atoms. The van der Waals surface area contributed by atoms with Gasteiger partial charge in [0.1, 0.15) is 5.75 Å². The summed E-state index contributed by atoms with van der Waals surface area (Å²) in [4.78, 5) is 11.7. The van der Waals surface area contributed by atoms with Crippen molar-refractivity contribution < 1.29 is 14.4 Å². The van der Waals surface area contributed by atoms with Crippen LogP contribution in [0.1, 0.15) is 17.0 Å². The predicted molar refractivity (Wildman–Crippen MR) is 64.9 cm³/mol. The number of hydrogen-bond acceptors (Lipinski definition) is 4. The number of nitrogens with one attached hydrogen (secondary N) is 1. The van der Waals surface area contributed by atoms with Crippen molar-refractivity contribution in [2.75, 3.05) is 0 Å². The van der Waals surface area contributed by atoms with Gasteiger partial charge in [0.2, 0.25) is 5.91 Å². The van der Waals surface area contributed by atoms with E-state index in [0.29, 0.717) is 17.9 Å². The van der Waals surface area contributed by atoms with Crippen molar-refractivity contribution in [1.29, 1.82) is 0 Å². The number of para-hydroxylation sites is 1. The fourth-order valence-corrected chi connectivity index (χ4v) is 1.58. The minimum Gasteiger partial charge on any atom is -0.508 e. The Morgan fingerprint density at radius 3 is 2.89 bits per heavy atom. The number of rotatable bonds is 4. The number of carbonyl (C=O) groups excluding carboxylic acids is 1. The van der Waals surface area contributed by atoms with Crippen LogP contribution >= 0.6 is 0 Å². The summed E-state index contributed by atoms with van der Waals surface area (Å²) in [5.74, 6) is 0.562. The lowest BCUT2D eigenvalue weighted by Crippen LogP contribution is -2.24. The summed E-state index contributed by atoms with van der Waals surface area (Å²) in [6.45, 7) is 2.12. The maximum absolute atomic E-state index is 11.7. The maximum atomic E-state index is 11.7. The Labute approximate surface area is 104 Å². The molecule has 1 aromatic carbocycles. The molecular weight excluding hydrogens is 232 g/mol. The summed E-state index contributed by atoms with van der Waals surface area (Å²) in [6, 6.07) is 8.53. The highest BCUT2D eigenvalue weighted by Gasteiger charge is 2.08. The largest absolute Gasteiger partial charge is 0.508 e. The minimum absolute atomic E-state index is 0.128. The van der Waals surface area contributed by atoms with Gasteiger partial charge >= 0.3 is 0 Å². The fraction of sp³-hybridized carbons (Fsp3) is 0.231. The van der Waals surface area contributed by atoms with Gasteiger partial charge in [-0.3, -0.25) is 4.79 Å². The van der Waals surface area contributed by atoms with E-state index < -0.39 is 0 Å². The third kappa shape index (κ3) is 3.10. The molecule has 0 saturated heterocycles. The van der Waals surface area contributed by atoms with Crippen LogP contribution in [0, 0.1) is 6.92 Å². The fourth-order valence-electron chi connectivity index (χ4n) is 1.58. The molecule has 5 heteroatoms. The first-order valence-corrected chi connectivity index (χ1v) is 5.61. The van der Waals surface area contributed by atoms with Crippen molar-refractivity contribution in [3.63, 3.8) is 0 Å². The first-order chi connectivity index (χ1) is 8.65. The Bertz CT molecular complexity index is 549. The predicted octanol–water partition coefficient (Wildman–Crippen LogP) is 1.55. The molecule has 1 aromatic heterocycles. The molecule has 0 unspecified atom stereocenters. The van der Waals surface area contributed by atoms with E-state index >= 15 is 0 Å². The highest BCUT2D eigenvalue weighted by molar-refractivity contribution is 5.79. The number of aromatic nitrogens is 1. The van der Waals surface area contributed by atoms with Gasteiger partial charge in [0.15, 0.2) is 5.76 Å². The van der Waals surface area contributed by atoms with E-state index in [9.17, 15) is 9.90 Å². The number of phenols is 1. The van der Waals surface area contributed by atoms with Crippen molar-refractivity contribution in [3.05, 3.63) is 47.3 Å². The number of hydrogen-bond donors (Lipinski definition) is 2. The SMILES string of the molecule is Cc1cc(CNC(=O)Cc2ccccc2O)on1. The molecule has 0 fully saturated rings. The number of carbonyl (C=O) groups is 1. The average molecular weight is 246 g/mol. The first-order valence-electron chi connectivity index (χ1n) is 5.61. The summed E-state index contributed by atoms with van der Waals surface area (Å²) in [5, 5.41) is 16.0. The van der Waals surface area contributed by atoms with Crippen LogP contribution < -0.4 is 5.32 Å². The van der Waals surface area contributed by atoms with Gasteiger partial charge in [-0.05, 0) is 13.0 Å². The third-order valence-electron chi connectivity index (χ3n) is 2.48. The molecule has 94 valence electrons. The van der Waals surface area contributed by atoms with E-state index in [2.05, 4.69) is 10.5 Å². The quantitative estimate of drug-likeness (QED) is 0.858. The first kappa shape index (κ1) is 12.2. The Hall–Kier alpha value is -2.30. The molecular formula is C13H14N2O3. The number of amides is 1. The topological polar surface area (TPSA) is 75.4 Å². The molecule has 2 rings (SSSR count). The van der Waals surface area contributed by atoms with E-state index in [1.54, 1.807) is 30.3 Å². The second kappa shape index (κ2) is 5.35. The Balaban J connectivity index is 1.88. The van der Waals surface area contributed by atoms with Gasteiger partial charge in [0.05, 0.1) is 18.7 Å². The molecule has 0 bridgehead atoms. The van der Waals surface area contributed by atoms with Crippen LogP contribution in [-0.2, 0) is 17.8 Å². The number of aromatic hydroxyl groups is 1. The molecule has 0 aliphatic heterocycles. The van der Waals surface area contributed by atoms with Crippen molar-refractivity contribution in [2.24, 2.45) is 0 Å². The molecule has 0 aliphatic carbocycles. The second-order valence-corrected chi connectivity index (χ2v) is 4.02. The van der Waals surface area contributed by atoms with Crippen molar-refractivity contribution >= 4 is 5.91 Å². The Morgan fingerprint density at radius 2 is 2.22 bits per heavy atom. The molecule has 2 N–H and O–H groups in total. The minimum atomic E-state index is -0.175. The van der Waals surface area contributed by atoms with E-state index in [0.717, 1.165) is 5.69 Å². The maximum Gasteiger partial charge on any atom is 0.224 e. The monoisotopic (exact) mass is 246 g/mol. The van der Waals surface area contributed by atoms with Crippen molar-refractivity contribution in [2.45, 2.75) is 19.9 Å². The lowest BCUT2D eigenvalue weighted by Gasteiger charge is -2.04. The van der Waals surface area contributed by atoms with E-state index in [1.807, 2.05) is 6.92 Å². The second-order valence-electron chi connectivity index (χ2n) is 4.02. The highest BCUT2D eigenvalue weighted by atomic mass is 16.5. The smallest absolute Gasteiger partial charge is 0.224 e. The normalized spacial score (nSPS) is 10.3.